The van der Waals surface area contributed by atoms with E-state index in [1.807, 2.05) is 158 Å². The number of aromatic carboxylic acids is 1. The van der Waals surface area contributed by atoms with Gasteiger partial charge in [0.25, 0.3) is 0 Å². The van der Waals surface area contributed by atoms with Crippen molar-refractivity contribution < 1.29 is 28.8 Å². The molecule has 274 valence electrons. The third kappa shape index (κ3) is 11.1. The van der Waals surface area contributed by atoms with Crippen LogP contribution in [0.2, 0.25) is 0 Å². The Morgan fingerprint density at radius 1 is 0.345 bits per heavy atom. The van der Waals surface area contributed by atoms with E-state index >= 15 is 0 Å². The topological polar surface area (TPSA) is 74.2 Å². The fourth-order valence-corrected chi connectivity index (χ4v) is 6.32. The van der Waals surface area contributed by atoms with Crippen molar-refractivity contribution >= 4 is 5.97 Å². The van der Waals surface area contributed by atoms with E-state index in [4.69, 9.17) is 18.9 Å². The van der Waals surface area contributed by atoms with E-state index in [0.29, 0.717) is 62.3 Å². The molecular formula is C49H42O6. The lowest BCUT2D eigenvalue weighted by Crippen LogP contribution is -2.03. The Morgan fingerprint density at radius 3 is 0.891 bits per heavy atom. The van der Waals surface area contributed by atoms with Gasteiger partial charge in [0.05, 0.1) is 5.56 Å². The van der Waals surface area contributed by atoms with Gasteiger partial charge in [-0.3, -0.25) is 0 Å². The Kier molecular flexibility index (Phi) is 12.2. The summed E-state index contributed by atoms with van der Waals surface area (Å²) in [7, 11) is 0. The molecule has 0 unspecified atom stereocenters. The molecule has 7 aromatic carbocycles. The number of ether oxygens (including phenoxy) is 4. The average molecular weight is 727 g/mol. The van der Waals surface area contributed by atoms with Crippen LogP contribution in [0.15, 0.2) is 176 Å². The average Bonchev–Trinajstić information content (AvgIpc) is 3.22. The number of carboxylic acids is 1. The van der Waals surface area contributed by atoms with Crippen molar-refractivity contribution in [2.45, 2.75) is 39.3 Å². The van der Waals surface area contributed by atoms with Crippen molar-refractivity contribution in [3.05, 3.63) is 226 Å². The summed E-state index contributed by atoms with van der Waals surface area (Å²) >= 11 is 0. The second-order valence-corrected chi connectivity index (χ2v) is 13.4. The maximum absolute atomic E-state index is 12.4. The van der Waals surface area contributed by atoms with Crippen LogP contribution in [0.5, 0.6) is 23.0 Å². The minimum Gasteiger partial charge on any atom is -0.489 e. The van der Waals surface area contributed by atoms with Gasteiger partial charge in [0.2, 0.25) is 0 Å². The van der Waals surface area contributed by atoms with Crippen LogP contribution in [0.3, 0.4) is 0 Å². The molecule has 0 radical (unpaired) electrons. The number of benzene rings is 7. The SMILES string of the molecule is O=C(O)c1cc(Cc2cc(OCc3ccccc3)cc(OCc3ccccc3)c2)cc(Cc2cc(OCc3ccccc3)cc(OCc3ccccc3)c2)c1. The molecule has 0 saturated carbocycles. The number of hydrogen-bond donors (Lipinski definition) is 1. The van der Waals surface area contributed by atoms with Crippen LogP contribution in [0.25, 0.3) is 0 Å². The summed E-state index contributed by atoms with van der Waals surface area (Å²) in [6.07, 6.45) is 0.952. The van der Waals surface area contributed by atoms with Gasteiger partial charge in [-0.05, 0) is 93.7 Å². The van der Waals surface area contributed by atoms with Crippen LogP contribution >= 0.6 is 0 Å². The lowest BCUT2D eigenvalue weighted by molar-refractivity contribution is 0.0696. The molecule has 0 aliphatic carbocycles. The van der Waals surface area contributed by atoms with E-state index in [1.165, 1.54) is 0 Å². The van der Waals surface area contributed by atoms with Gasteiger partial charge in [-0.25, -0.2) is 4.79 Å². The quantitative estimate of drug-likeness (QED) is 0.101. The third-order valence-corrected chi connectivity index (χ3v) is 8.99. The van der Waals surface area contributed by atoms with Gasteiger partial charge in [-0.2, -0.15) is 0 Å². The first-order chi connectivity index (χ1) is 27.0. The molecule has 0 aliphatic rings. The first-order valence-corrected chi connectivity index (χ1v) is 18.3. The van der Waals surface area contributed by atoms with Gasteiger partial charge in [0.1, 0.15) is 49.4 Å². The van der Waals surface area contributed by atoms with Crippen LogP contribution < -0.4 is 18.9 Å². The number of rotatable bonds is 17. The fraction of sp³-hybridized carbons (Fsp3) is 0.122. The van der Waals surface area contributed by atoms with Crippen LogP contribution in [-0.4, -0.2) is 11.1 Å². The number of carbonyl (C=O) groups is 1. The highest BCUT2D eigenvalue weighted by Crippen LogP contribution is 2.29. The van der Waals surface area contributed by atoms with Crippen LogP contribution in [-0.2, 0) is 39.3 Å². The summed E-state index contributed by atoms with van der Waals surface area (Å²) in [6.45, 7) is 1.64. The molecule has 0 atom stereocenters. The van der Waals surface area contributed by atoms with Crippen molar-refractivity contribution in [3.8, 4) is 23.0 Å². The van der Waals surface area contributed by atoms with Gasteiger partial charge in [-0.15, -0.1) is 0 Å². The Hall–Kier alpha value is -6.79. The molecule has 0 heterocycles. The largest absolute Gasteiger partial charge is 0.489 e. The monoisotopic (exact) mass is 726 g/mol. The standard InChI is InChI=1S/C49H42O6/c50-49(51)44-24-40(22-42-26-45(52-32-36-13-5-1-6-14-36)30-46(27-42)53-33-37-15-7-2-8-16-37)21-41(25-44)23-43-28-47(54-34-38-17-9-3-10-18-38)31-48(29-43)55-35-39-19-11-4-12-20-39/h1-21,24-31H,22-23,32-35H2,(H,50,51). The Morgan fingerprint density at radius 2 is 0.618 bits per heavy atom. The van der Waals surface area contributed by atoms with Crippen LogP contribution in [0.1, 0.15) is 54.9 Å². The summed E-state index contributed by atoms with van der Waals surface area (Å²) in [5.41, 5.74) is 8.06. The lowest BCUT2D eigenvalue weighted by Gasteiger charge is -2.15. The van der Waals surface area contributed by atoms with Crippen molar-refractivity contribution in [3.63, 3.8) is 0 Å². The smallest absolute Gasteiger partial charge is 0.335 e. The van der Waals surface area contributed by atoms with E-state index in [0.717, 1.165) is 44.5 Å². The molecule has 0 bridgehead atoms. The highest BCUT2D eigenvalue weighted by Gasteiger charge is 2.13. The molecule has 7 rings (SSSR count). The van der Waals surface area contributed by atoms with Crippen molar-refractivity contribution in [1.82, 2.24) is 0 Å². The summed E-state index contributed by atoms with van der Waals surface area (Å²) in [4.78, 5) is 12.4. The summed E-state index contributed by atoms with van der Waals surface area (Å²) in [6, 6.07) is 57.4. The predicted octanol–water partition coefficient (Wildman–Crippen LogP) is 10.9. The van der Waals surface area contributed by atoms with E-state index in [2.05, 4.69) is 6.07 Å². The second-order valence-electron chi connectivity index (χ2n) is 13.4. The molecule has 0 amide bonds. The van der Waals surface area contributed by atoms with Gasteiger partial charge in [-0.1, -0.05) is 127 Å². The molecule has 0 saturated heterocycles. The highest BCUT2D eigenvalue weighted by molar-refractivity contribution is 5.88. The maximum Gasteiger partial charge on any atom is 0.335 e. The minimum atomic E-state index is -0.984. The predicted molar refractivity (Wildman–Crippen MR) is 215 cm³/mol. The zero-order valence-electron chi connectivity index (χ0n) is 30.5. The molecule has 55 heavy (non-hydrogen) atoms. The van der Waals surface area contributed by atoms with Gasteiger partial charge in [0, 0.05) is 12.1 Å². The summed E-state index contributed by atoms with van der Waals surface area (Å²) in [5.74, 6) is 1.72. The molecule has 6 heteroatoms. The normalized spacial score (nSPS) is 10.8. The maximum atomic E-state index is 12.4. The fourth-order valence-electron chi connectivity index (χ4n) is 6.32. The van der Waals surface area contributed by atoms with Gasteiger partial charge < -0.3 is 24.1 Å². The third-order valence-electron chi connectivity index (χ3n) is 8.99. The molecule has 0 aliphatic heterocycles. The summed E-state index contributed by atoms with van der Waals surface area (Å²) in [5, 5.41) is 10.2. The van der Waals surface area contributed by atoms with Crippen molar-refractivity contribution in [2.24, 2.45) is 0 Å². The minimum absolute atomic E-state index is 0.224. The van der Waals surface area contributed by atoms with E-state index in [1.54, 1.807) is 12.1 Å². The first-order valence-electron chi connectivity index (χ1n) is 18.3. The van der Waals surface area contributed by atoms with Gasteiger partial charge in [0.15, 0.2) is 0 Å². The van der Waals surface area contributed by atoms with Crippen LogP contribution in [0.4, 0.5) is 0 Å². The Balaban J connectivity index is 1.15. The zero-order valence-corrected chi connectivity index (χ0v) is 30.5. The lowest BCUT2D eigenvalue weighted by atomic mass is 9.96. The second kappa shape index (κ2) is 18.3. The first kappa shape index (κ1) is 36.6. The van der Waals surface area contributed by atoms with Crippen molar-refractivity contribution in [2.75, 3.05) is 0 Å². The zero-order chi connectivity index (χ0) is 37.7. The van der Waals surface area contributed by atoms with Gasteiger partial charge >= 0.3 is 5.97 Å². The Labute approximate surface area is 322 Å². The molecule has 7 aromatic rings. The Bertz CT molecular complexity index is 2010. The van der Waals surface area contributed by atoms with E-state index in [-0.39, 0.29) is 5.56 Å². The molecule has 0 aromatic heterocycles. The number of carboxylic acid groups (broad SMARTS) is 1. The highest BCUT2D eigenvalue weighted by atomic mass is 16.5. The summed E-state index contributed by atoms with van der Waals surface area (Å²) < 4.78 is 25.0. The molecule has 0 spiro atoms. The van der Waals surface area contributed by atoms with E-state index in [9.17, 15) is 9.90 Å². The van der Waals surface area contributed by atoms with Crippen LogP contribution in [0, 0.1) is 0 Å². The molecular weight excluding hydrogens is 685 g/mol. The van der Waals surface area contributed by atoms with Crippen molar-refractivity contribution in [1.29, 1.82) is 0 Å². The number of hydrogen-bond acceptors (Lipinski definition) is 5. The molecule has 1 N–H and O–H groups in total. The molecule has 6 nitrogen and oxygen atoms in total. The van der Waals surface area contributed by atoms with E-state index < -0.39 is 5.97 Å². The molecule has 0 fully saturated rings.